The molecule has 1 amide bonds. The molecule has 0 aliphatic carbocycles. The van der Waals surface area contributed by atoms with E-state index < -0.39 is 76.2 Å². The summed E-state index contributed by atoms with van der Waals surface area (Å²) >= 11 is 0. The van der Waals surface area contributed by atoms with Gasteiger partial charge < -0.3 is 9.84 Å². The van der Waals surface area contributed by atoms with Gasteiger partial charge in [0, 0.05) is 17.7 Å². The average Bonchev–Trinajstić information content (AvgIpc) is 2.57. The third-order valence-corrected chi connectivity index (χ3v) is 3.75. The molecule has 0 saturated heterocycles. The lowest BCUT2D eigenvalue weighted by atomic mass is 10.0. The standard InChI is InChI=1S/C16H6F7NO4/c17-6-3-10-9(24(4-11(25)26)15(27)16(22,23)28-10)1-5(6)12-7(18)2-8(19)13(20)14(12)21/h1-3H,4H2,(H,25,26). The molecule has 2 aromatic carbocycles. The third-order valence-electron chi connectivity index (χ3n) is 3.75. The number of hydrogen-bond donors (Lipinski definition) is 1. The van der Waals surface area contributed by atoms with Crippen molar-refractivity contribution in [2.75, 3.05) is 11.4 Å². The van der Waals surface area contributed by atoms with Crippen molar-refractivity contribution in [3.8, 4) is 16.9 Å². The van der Waals surface area contributed by atoms with Crippen LogP contribution in [0.5, 0.6) is 5.75 Å². The molecule has 0 spiro atoms. The Bertz CT molecular complexity index is 1020. The number of amides is 1. The molecule has 12 heteroatoms. The molecule has 28 heavy (non-hydrogen) atoms. The molecule has 3 rings (SSSR count). The topological polar surface area (TPSA) is 66.8 Å². The summed E-state index contributed by atoms with van der Waals surface area (Å²) in [6, 6.07) is 0.553. The van der Waals surface area contributed by atoms with E-state index in [4.69, 9.17) is 5.11 Å². The molecule has 1 aliphatic rings. The lowest BCUT2D eigenvalue weighted by Crippen LogP contribution is -2.52. The van der Waals surface area contributed by atoms with Gasteiger partial charge in [0.25, 0.3) is 0 Å². The predicted octanol–water partition coefficient (Wildman–Crippen LogP) is 3.45. The fourth-order valence-corrected chi connectivity index (χ4v) is 2.58. The summed E-state index contributed by atoms with van der Waals surface area (Å²) in [4.78, 5) is 22.6. The number of carbonyl (C=O) groups is 2. The number of fused-ring (bicyclic) bond motifs is 1. The number of halogens is 7. The Kier molecular flexibility index (Phi) is 4.44. The monoisotopic (exact) mass is 409 g/mol. The van der Waals surface area contributed by atoms with Crippen LogP contribution in [-0.4, -0.2) is 29.6 Å². The van der Waals surface area contributed by atoms with Gasteiger partial charge in [0.2, 0.25) is 0 Å². The van der Waals surface area contributed by atoms with Crippen molar-refractivity contribution in [3.05, 3.63) is 47.3 Å². The molecule has 0 bridgehead atoms. The maximum absolute atomic E-state index is 14.3. The Morgan fingerprint density at radius 1 is 1.00 bits per heavy atom. The number of aliphatic carboxylic acids is 1. The highest BCUT2D eigenvalue weighted by Crippen LogP contribution is 2.43. The first-order valence-electron chi connectivity index (χ1n) is 7.21. The summed E-state index contributed by atoms with van der Waals surface area (Å²) in [6.45, 7) is -1.32. The molecule has 0 atom stereocenters. The van der Waals surface area contributed by atoms with Gasteiger partial charge in [-0.15, -0.1) is 0 Å². The SMILES string of the molecule is O=C(O)CN1C(=O)C(F)(F)Oc2cc(F)c(-c3c(F)cc(F)c(F)c3F)cc21. The van der Waals surface area contributed by atoms with Crippen LogP contribution >= 0.6 is 0 Å². The third kappa shape index (κ3) is 3.00. The molecule has 1 N–H and O–H groups in total. The van der Waals surface area contributed by atoms with Crippen molar-refractivity contribution in [1.82, 2.24) is 0 Å². The van der Waals surface area contributed by atoms with Crippen molar-refractivity contribution >= 4 is 17.6 Å². The Hall–Kier alpha value is -3.31. The Balaban J connectivity index is 2.27. The van der Waals surface area contributed by atoms with E-state index in [-0.39, 0.29) is 17.0 Å². The first kappa shape index (κ1) is 19.5. The van der Waals surface area contributed by atoms with E-state index in [2.05, 4.69) is 4.74 Å². The van der Waals surface area contributed by atoms with E-state index in [9.17, 15) is 40.3 Å². The van der Waals surface area contributed by atoms with Crippen LogP contribution in [0.2, 0.25) is 0 Å². The summed E-state index contributed by atoms with van der Waals surface area (Å²) in [5.41, 5.74) is -3.23. The van der Waals surface area contributed by atoms with Crippen LogP contribution in [0.4, 0.5) is 36.4 Å². The summed E-state index contributed by atoms with van der Waals surface area (Å²) in [5.74, 6) is -14.3. The summed E-state index contributed by atoms with van der Waals surface area (Å²) in [5, 5.41) is 8.81. The van der Waals surface area contributed by atoms with Gasteiger partial charge in [-0.25, -0.2) is 22.0 Å². The summed E-state index contributed by atoms with van der Waals surface area (Å²) in [6.07, 6.45) is -4.53. The van der Waals surface area contributed by atoms with Gasteiger partial charge in [-0.05, 0) is 6.07 Å². The quantitative estimate of drug-likeness (QED) is 0.479. The lowest BCUT2D eigenvalue weighted by molar-refractivity contribution is -0.193. The number of nitrogens with zero attached hydrogens (tertiary/aromatic N) is 1. The molecule has 2 aromatic rings. The van der Waals surface area contributed by atoms with Crippen LogP contribution in [-0.2, 0) is 9.59 Å². The van der Waals surface area contributed by atoms with Gasteiger partial charge >= 0.3 is 18.0 Å². The molecule has 5 nitrogen and oxygen atoms in total. The average molecular weight is 409 g/mol. The molecule has 0 saturated carbocycles. The summed E-state index contributed by atoms with van der Waals surface area (Å²) < 4.78 is 100. The van der Waals surface area contributed by atoms with Gasteiger partial charge in [-0.3, -0.25) is 14.5 Å². The molecule has 148 valence electrons. The number of rotatable bonds is 3. The minimum Gasteiger partial charge on any atom is -0.480 e. The Morgan fingerprint density at radius 2 is 1.64 bits per heavy atom. The fraction of sp³-hybridized carbons (Fsp3) is 0.125. The van der Waals surface area contributed by atoms with E-state index in [1.807, 2.05) is 0 Å². The highest BCUT2D eigenvalue weighted by Gasteiger charge is 2.51. The molecular formula is C16H6F7NO4. The van der Waals surface area contributed by atoms with Crippen LogP contribution in [0.25, 0.3) is 11.1 Å². The number of carboxylic acid groups (broad SMARTS) is 1. The predicted molar refractivity (Wildman–Crippen MR) is 77.2 cm³/mol. The van der Waals surface area contributed by atoms with Crippen molar-refractivity contribution in [1.29, 1.82) is 0 Å². The smallest absolute Gasteiger partial charge is 0.480 e. The number of hydrogen-bond acceptors (Lipinski definition) is 3. The zero-order chi connectivity index (χ0) is 21.0. The number of carbonyl (C=O) groups excluding carboxylic acids is 1. The van der Waals surface area contributed by atoms with Gasteiger partial charge in [0.1, 0.15) is 18.2 Å². The van der Waals surface area contributed by atoms with E-state index in [1.54, 1.807) is 0 Å². The minimum absolute atomic E-state index is 0.0141. The molecule has 0 aromatic heterocycles. The summed E-state index contributed by atoms with van der Waals surface area (Å²) in [7, 11) is 0. The van der Waals surface area contributed by atoms with E-state index in [0.29, 0.717) is 6.07 Å². The first-order chi connectivity index (χ1) is 12.9. The highest BCUT2D eigenvalue weighted by molar-refractivity contribution is 6.04. The number of ether oxygens (including phenoxy) is 1. The first-order valence-corrected chi connectivity index (χ1v) is 7.21. The largest absolute Gasteiger partial charge is 0.482 e. The number of benzene rings is 2. The lowest BCUT2D eigenvalue weighted by Gasteiger charge is -2.33. The Morgan fingerprint density at radius 3 is 2.25 bits per heavy atom. The Labute approximate surface area is 150 Å². The van der Waals surface area contributed by atoms with Crippen LogP contribution < -0.4 is 9.64 Å². The maximum Gasteiger partial charge on any atom is 0.482 e. The molecule has 0 fully saturated rings. The second kappa shape index (κ2) is 6.39. The van der Waals surface area contributed by atoms with Crippen LogP contribution in [0.15, 0.2) is 18.2 Å². The van der Waals surface area contributed by atoms with Crippen molar-refractivity contribution in [2.45, 2.75) is 6.11 Å². The van der Waals surface area contributed by atoms with Crippen LogP contribution in [0.3, 0.4) is 0 Å². The van der Waals surface area contributed by atoms with Gasteiger partial charge in [0.15, 0.2) is 23.2 Å². The number of anilines is 1. The molecular weight excluding hydrogens is 403 g/mol. The molecule has 0 unspecified atom stereocenters. The normalized spacial score (nSPS) is 15.2. The van der Waals surface area contributed by atoms with Crippen molar-refractivity contribution < 1.29 is 50.2 Å². The van der Waals surface area contributed by atoms with E-state index in [1.165, 1.54) is 0 Å². The molecule has 1 heterocycles. The minimum atomic E-state index is -4.53. The van der Waals surface area contributed by atoms with Crippen molar-refractivity contribution in [3.63, 3.8) is 0 Å². The van der Waals surface area contributed by atoms with Gasteiger partial charge in [-0.1, -0.05) is 0 Å². The molecule has 1 aliphatic heterocycles. The van der Waals surface area contributed by atoms with Gasteiger partial charge in [0.05, 0.1) is 11.3 Å². The van der Waals surface area contributed by atoms with E-state index in [0.717, 1.165) is 0 Å². The van der Waals surface area contributed by atoms with Crippen LogP contribution in [0, 0.1) is 29.1 Å². The van der Waals surface area contributed by atoms with E-state index >= 15 is 0 Å². The fourth-order valence-electron chi connectivity index (χ4n) is 2.58. The number of alkyl halides is 2. The van der Waals surface area contributed by atoms with Crippen LogP contribution in [0.1, 0.15) is 0 Å². The highest BCUT2D eigenvalue weighted by atomic mass is 19.3. The zero-order valence-corrected chi connectivity index (χ0v) is 13.2. The van der Waals surface area contributed by atoms with Crippen molar-refractivity contribution in [2.24, 2.45) is 0 Å². The van der Waals surface area contributed by atoms with Gasteiger partial charge in [-0.2, -0.15) is 8.78 Å². The molecule has 0 radical (unpaired) electrons. The zero-order valence-electron chi connectivity index (χ0n) is 13.2. The number of carboxylic acids is 1. The second-order valence-electron chi connectivity index (χ2n) is 5.55. The second-order valence-corrected chi connectivity index (χ2v) is 5.55. The maximum atomic E-state index is 14.3.